The first-order chi connectivity index (χ1) is 4.84. The van der Waals surface area contributed by atoms with Gasteiger partial charge in [0.1, 0.15) is 6.61 Å². The third kappa shape index (κ3) is 7.02. The maximum absolute atomic E-state index is 11.2. The van der Waals surface area contributed by atoms with Crippen molar-refractivity contribution in [3.63, 3.8) is 0 Å². The van der Waals surface area contributed by atoms with Gasteiger partial charge in [0.2, 0.25) is 0 Å². The van der Waals surface area contributed by atoms with Gasteiger partial charge < -0.3 is 4.74 Å². The van der Waals surface area contributed by atoms with E-state index in [1.807, 2.05) is 34.6 Å². The van der Waals surface area contributed by atoms with Crippen LogP contribution in [0.5, 0.6) is 0 Å². The van der Waals surface area contributed by atoms with Gasteiger partial charge in [-0.25, -0.2) is 0 Å². The van der Waals surface area contributed by atoms with Crippen LogP contribution < -0.4 is 0 Å². The predicted octanol–water partition coefficient (Wildman–Crippen LogP) is 2.02. The van der Waals surface area contributed by atoms with Crippen molar-refractivity contribution >= 4 is 5.78 Å². The Morgan fingerprint density at radius 3 is 2.00 bits per heavy atom. The molecule has 0 heterocycles. The summed E-state index contributed by atoms with van der Waals surface area (Å²) in [6.07, 6.45) is 0.140. The number of hydrogen-bond donors (Lipinski definition) is 0. The van der Waals surface area contributed by atoms with Crippen molar-refractivity contribution < 1.29 is 31.2 Å². The van der Waals surface area contributed by atoms with Crippen molar-refractivity contribution in [2.75, 3.05) is 6.61 Å². The van der Waals surface area contributed by atoms with E-state index < -0.39 is 0 Å². The quantitative estimate of drug-likeness (QED) is 0.660. The number of carbonyl (C=O) groups is 1. The summed E-state index contributed by atoms with van der Waals surface area (Å²) in [5, 5.41) is 0. The van der Waals surface area contributed by atoms with Gasteiger partial charge in [0.05, 0.1) is 6.10 Å². The summed E-state index contributed by atoms with van der Waals surface area (Å²) >= 11 is 0. The number of Topliss-reactive ketones (excluding diaryl/α,β-unsaturated/α-hetero) is 1. The van der Waals surface area contributed by atoms with E-state index in [1.54, 1.807) is 0 Å². The Kier molecular flexibility index (Phi) is 7.30. The molecule has 0 N–H and O–H groups in total. The second-order valence-corrected chi connectivity index (χ2v) is 4.03. The van der Waals surface area contributed by atoms with E-state index in [0.717, 1.165) is 0 Å². The fraction of sp³-hybridized carbons (Fsp3) is 0.889. The molecule has 0 aliphatic rings. The van der Waals surface area contributed by atoms with Crippen LogP contribution in [0.1, 0.15) is 34.6 Å². The van der Waals surface area contributed by atoms with Crippen LogP contribution >= 0.6 is 0 Å². The molecule has 2 nitrogen and oxygen atoms in total. The third-order valence-electron chi connectivity index (χ3n) is 1.38. The van der Waals surface area contributed by atoms with Gasteiger partial charge in [0.15, 0.2) is 5.78 Å². The van der Waals surface area contributed by atoms with E-state index in [9.17, 15) is 4.79 Å². The number of hydrogen-bond acceptors (Lipinski definition) is 2. The van der Waals surface area contributed by atoms with E-state index in [2.05, 4.69) is 0 Å². The molecule has 0 unspecified atom stereocenters. The minimum atomic E-state index is -0.269. The first-order valence-corrected chi connectivity index (χ1v) is 3.99. The molecule has 0 aromatic heterocycles. The molecule has 0 bridgehead atoms. The van der Waals surface area contributed by atoms with Crippen molar-refractivity contribution in [1.29, 1.82) is 0 Å². The second kappa shape index (κ2) is 5.90. The molecule has 0 saturated heterocycles. The molecule has 0 atom stereocenters. The Labute approximate surface area is 89.9 Å². The number of ketones is 1. The maximum Gasteiger partial charge on any atom is 0.163 e. The summed E-state index contributed by atoms with van der Waals surface area (Å²) in [5.41, 5.74) is -0.269. The second-order valence-electron chi connectivity index (χ2n) is 4.03. The summed E-state index contributed by atoms with van der Waals surface area (Å²) in [4.78, 5) is 11.2. The normalized spacial score (nSPS) is 11.2. The van der Waals surface area contributed by atoms with Crippen LogP contribution in [0.2, 0.25) is 0 Å². The summed E-state index contributed by atoms with van der Waals surface area (Å²) in [6.45, 7) is 9.80. The van der Waals surface area contributed by atoms with Gasteiger partial charge in [-0.3, -0.25) is 4.79 Å². The van der Waals surface area contributed by atoms with Crippen molar-refractivity contribution in [3.8, 4) is 0 Å². The molecule has 0 spiro atoms. The first-order valence-electron chi connectivity index (χ1n) is 3.99. The largest absolute Gasteiger partial charge is 0.371 e. The summed E-state index contributed by atoms with van der Waals surface area (Å²) in [5.74, 6) is 0.159. The molecule has 0 rings (SSSR count). The topological polar surface area (TPSA) is 26.3 Å². The van der Waals surface area contributed by atoms with Crippen LogP contribution in [0.25, 0.3) is 0 Å². The Hall–Kier alpha value is 0.344. The van der Waals surface area contributed by atoms with Gasteiger partial charge >= 0.3 is 0 Å². The molecule has 0 aliphatic carbocycles. The molecule has 0 radical (unpaired) electrons. The number of ether oxygens (including phenoxy) is 1. The van der Waals surface area contributed by atoms with Crippen molar-refractivity contribution in [2.45, 2.75) is 40.7 Å². The van der Waals surface area contributed by atoms with Crippen molar-refractivity contribution in [3.05, 3.63) is 0 Å². The molecule has 3 heteroatoms. The van der Waals surface area contributed by atoms with Crippen LogP contribution in [0.3, 0.4) is 0 Å². The van der Waals surface area contributed by atoms with Crippen LogP contribution in [-0.4, -0.2) is 18.5 Å². The van der Waals surface area contributed by atoms with E-state index in [0.29, 0.717) is 0 Å². The average molecular weight is 206 g/mol. The zero-order valence-electron chi connectivity index (χ0n) is 8.60. The van der Waals surface area contributed by atoms with Crippen LogP contribution in [-0.2, 0) is 31.2 Å². The number of rotatable bonds is 3. The monoisotopic (exact) mass is 206 g/mol. The van der Waals surface area contributed by atoms with E-state index in [1.165, 1.54) is 0 Å². The summed E-state index contributed by atoms with van der Waals surface area (Å²) in [6, 6.07) is 0. The summed E-state index contributed by atoms with van der Waals surface area (Å²) < 4.78 is 5.18. The van der Waals surface area contributed by atoms with E-state index in [4.69, 9.17) is 4.74 Å². The first kappa shape index (κ1) is 14.8. The van der Waals surface area contributed by atoms with Crippen LogP contribution in [0.4, 0.5) is 0 Å². The van der Waals surface area contributed by atoms with Gasteiger partial charge in [0, 0.05) is 27.1 Å². The molecule has 0 aromatic carbocycles. The Morgan fingerprint density at radius 2 is 1.75 bits per heavy atom. The van der Waals surface area contributed by atoms with Gasteiger partial charge in [-0.15, -0.1) is 0 Å². The fourth-order valence-corrected chi connectivity index (χ4v) is 0.459. The Balaban J connectivity index is 0. The summed E-state index contributed by atoms with van der Waals surface area (Å²) in [7, 11) is 0. The van der Waals surface area contributed by atoms with Crippen molar-refractivity contribution in [1.82, 2.24) is 0 Å². The molecule has 70 valence electrons. The van der Waals surface area contributed by atoms with Gasteiger partial charge in [-0.2, -0.15) is 0 Å². The molecule has 0 aromatic rings. The molecular formula is C9H18O2Ti. The van der Waals surface area contributed by atoms with E-state index >= 15 is 0 Å². The maximum atomic E-state index is 11.2. The zero-order chi connectivity index (χ0) is 9.07. The predicted molar refractivity (Wildman–Crippen MR) is 45.6 cm³/mol. The standard InChI is InChI=1S/C9H18O2.Ti/c1-7(2)11-6-8(10)9(3,4)5;/h7H,6H2,1-5H3;. The average Bonchev–Trinajstić information content (AvgIpc) is 1.80. The third-order valence-corrected chi connectivity index (χ3v) is 1.38. The minimum absolute atomic E-state index is 0. The van der Waals surface area contributed by atoms with E-state index in [-0.39, 0.29) is 45.6 Å². The fourth-order valence-electron chi connectivity index (χ4n) is 0.459. The number of carbonyl (C=O) groups excluding carboxylic acids is 1. The zero-order valence-corrected chi connectivity index (χ0v) is 10.2. The smallest absolute Gasteiger partial charge is 0.163 e. The molecule has 0 aliphatic heterocycles. The van der Waals surface area contributed by atoms with Gasteiger partial charge in [-0.1, -0.05) is 20.8 Å². The molecule has 0 amide bonds. The Bertz CT molecular complexity index is 136. The van der Waals surface area contributed by atoms with Crippen molar-refractivity contribution in [2.24, 2.45) is 5.41 Å². The van der Waals surface area contributed by atoms with Gasteiger partial charge in [0.25, 0.3) is 0 Å². The molecule has 0 fully saturated rings. The molecule has 0 saturated carbocycles. The Morgan fingerprint density at radius 1 is 1.33 bits per heavy atom. The minimum Gasteiger partial charge on any atom is -0.371 e. The van der Waals surface area contributed by atoms with Crippen LogP contribution in [0.15, 0.2) is 0 Å². The van der Waals surface area contributed by atoms with Gasteiger partial charge in [-0.05, 0) is 13.8 Å². The molecular weight excluding hydrogens is 188 g/mol. The van der Waals surface area contributed by atoms with Crippen LogP contribution in [0, 0.1) is 5.41 Å². The SMILES string of the molecule is CC(C)OCC(=O)C(C)(C)C.[Ti]. The molecule has 12 heavy (non-hydrogen) atoms.